The van der Waals surface area contributed by atoms with E-state index in [-0.39, 0.29) is 6.09 Å². The van der Waals surface area contributed by atoms with Crippen molar-refractivity contribution in [1.82, 2.24) is 4.90 Å². The summed E-state index contributed by atoms with van der Waals surface area (Å²) < 4.78 is 5.59. The first-order valence-corrected chi connectivity index (χ1v) is 8.36. The highest BCUT2D eigenvalue weighted by Crippen LogP contribution is 2.28. The van der Waals surface area contributed by atoms with Gasteiger partial charge in [0, 0.05) is 12.1 Å². The van der Waals surface area contributed by atoms with Crippen molar-refractivity contribution >= 4 is 6.09 Å². The Bertz CT molecular complexity index is 296. The fraction of sp³-hybridized carbons (Fsp3) is 0.941. The monoisotopic (exact) mass is 283 g/mol. The first-order chi connectivity index (χ1) is 9.35. The highest BCUT2D eigenvalue weighted by Gasteiger charge is 2.34. The third-order valence-electron chi connectivity index (χ3n) is 4.02. The van der Waals surface area contributed by atoms with Crippen molar-refractivity contribution in [3.8, 4) is 0 Å². The normalized spacial score (nSPS) is 23.8. The van der Waals surface area contributed by atoms with Crippen LogP contribution in [0.4, 0.5) is 4.79 Å². The Hall–Kier alpha value is -0.730. The molecule has 1 rings (SSSR count). The molecule has 0 N–H and O–H groups in total. The number of ether oxygens (including phenoxy) is 1. The van der Waals surface area contributed by atoms with Crippen LogP contribution in [-0.4, -0.2) is 28.7 Å². The van der Waals surface area contributed by atoms with E-state index in [9.17, 15) is 4.79 Å². The summed E-state index contributed by atoms with van der Waals surface area (Å²) in [6.07, 6.45) is 9.55. The number of hydrogen-bond donors (Lipinski definition) is 0. The summed E-state index contributed by atoms with van der Waals surface area (Å²) in [5.74, 6) is 0. The first kappa shape index (κ1) is 17.3. The maximum absolute atomic E-state index is 12.4. The molecule has 3 heteroatoms. The highest BCUT2D eigenvalue weighted by molar-refractivity contribution is 5.69. The van der Waals surface area contributed by atoms with E-state index in [1.165, 1.54) is 32.1 Å². The van der Waals surface area contributed by atoms with E-state index < -0.39 is 5.60 Å². The minimum Gasteiger partial charge on any atom is -0.444 e. The first-order valence-electron chi connectivity index (χ1n) is 8.36. The molecule has 20 heavy (non-hydrogen) atoms. The zero-order chi connectivity index (χ0) is 15.2. The lowest BCUT2D eigenvalue weighted by atomic mass is 9.93. The summed E-state index contributed by atoms with van der Waals surface area (Å²) in [6, 6.07) is 0.695. The number of carbonyl (C=O) groups is 1. The Morgan fingerprint density at radius 1 is 1.20 bits per heavy atom. The van der Waals surface area contributed by atoms with Crippen LogP contribution in [0.25, 0.3) is 0 Å². The summed E-state index contributed by atoms with van der Waals surface area (Å²) >= 11 is 0. The molecular formula is C17H33NO2. The molecule has 0 spiro atoms. The van der Waals surface area contributed by atoms with E-state index in [0.29, 0.717) is 12.1 Å². The molecular weight excluding hydrogens is 250 g/mol. The topological polar surface area (TPSA) is 29.5 Å². The molecule has 1 fully saturated rings. The predicted octanol–water partition coefficient (Wildman–Crippen LogP) is 5.13. The van der Waals surface area contributed by atoms with E-state index in [2.05, 4.69) is 13.8 Å². The van der Waals surface area contributed by atoms with Crippen LogP contribution in [-0.2, 0) is 4.74 Å². The summed E-state index contributed by atoms with van der Waals surface area (Å²) in [6.45, 7) is 10.2. The summed E-state index contributed by atoms with van der Waals surface area (Å²) in [5.41, 5.74) is -0.402. The second-order valence-corrected chi connectivity index (χ2v) is 7.17. The SMILES string of the molecule is CCCCCCC1CCCC(C)N1C(=O)OC(C)(C)C. The number of nitrogens with zero attached hydrogens (tertiary/aromatic N) is 1. The molecule has 0 aromatic rings. The van der Waals surface area contributed by atoms with Crippen LogP contribution in [0.5, 0.6) is 0 Å². The number of piperidine rings is 1. The van der Waals surface area contributed by atoms with Crippen LogP contribution in [0.2, 0.25) is 0 Å². The summed E-state index contributed by atoms with van der Waals surface area (Å²) in [5, 5.41) is 0. The smallest absolute Gasteiger partial charge is 0.410 e. The Kier molecular flexibility index (Phi) is 6.84. The zero-order valence-electron chi connectivity index (χ0n) is 14.1. The number of unbranched alkanes of at least 4 members (excludes halogenated alkanes) is 3. The van der Waals surface area contributed by atoms with Crippen molar-refractivity contribution < 1.29 is 9.53 Å². The third-order valence-corrected chi connectivity index (χ3v) is 4.02. The van der Waals surface area contributed by atoms with Gasteiger partial charge in [0.2, 0.25) is 0 Å². The minimum atomic E-state index is -0.402. The fourth-order valence-corrected chi connectivity index (χ4v) is 3.02. The number of likely N-dealkylation sites (tertiary alicyclic amines) is 1. The third kappa shape index (κ3) is 5.72. The van der Waals surface area contributed by atoms with Gasteiger partial charge in [0.05, 0.1) is 0 Å². The van der Waals surface area contributed by atoms with Gasteiger partial charge < -0.3 is 9.64 Å². The van der Waals surface area contributed by atoms with Gasteiger partial charge in [0.15, 0.2) is 0 Å². The average molecular weight is 283 g/mol. The van der Waals surface area contributed by atoms with Gasteiger partial charge in [0.25, 0.3) is 0 Å². The molecule has 0 aliphatic carbocycles. The molecule has 0 saturated carbocycles. The molecule has 1 heterocycles. The van der Waals surface area contributed by atoms with Crippen molar-refractivity contribution in [1.29, 1.82) is 0 Å². The second kappa shape index (κ2) is 7.90. The molecule has 1 aliphatic heterocycles. The van der Waals surface area contributed by atoms with Crippen LogP contribution in [0.15, 0.2) is 0 Å². The number of amides is 1. The number of carbonyl (C=O) groups excluding carboxylic acids is 1. The van der Waals surface area contributed by atoms with Crippen molar-refractivity contribution in [2.45, 2.75) is 104 Å². The lowest BCUT2D eigenvalue weighted by molar-refractivity contribution is -0.00430. The molecule has 1 saturated heterocycles. The molecule has 2 atom stereocenters. The van der Waals surface area contributed by atoms with E-state index in [1.54, 1.807) is 0 Å². The van der Waals surface area contributed by atoms with E-state index in [4.69, 9.17) is 4.74 Å². The molecule has 118 valence electrons. The van der Waals surface area contributed by atoms with Gasteiger partial charge in [0.1, 0.15) is 5.60 Å². The molecule has 0 aromatic carbocycles. The average Bonchev–Trinajstić information content (AvgIpc) is 2.32. The zero-order valence-corrected chi connectivity index (χ0v) is 14.1. The van der Waals surface area contributed by atoms with Gasteiger partial charge in [-0.05, 0) is 53.4 Å². The standard InChI is InChI=1S/C17H33NO2/c1-6-7-8-9-12-15-13-10-11-14(2)18(15)16(19)20-17(3,4)5/h14-15H,6-13H2,1-5H3. The highest BCUT2D eigenvalue weighted by atomic mass is 16.6. The van der Waals surface area contributed by atoms with Crippen LogP contribution >= 0.6 is 0 Å². The minimum absolute atomic E-state index is 0.120. The molecule has 0 radical (unpaired) electrons. The molecule has 2 unspecified atom stereocenters. The van der Waals surface area contributed by atoms with Crippen molar-refractivity contribution in [3.63, 3.8) is 0 Å². The van der Waals surface area contributed by atoms with Crippen LogP contribution in [0, 0.1) is 0 Å². The maximum atomic E-state index is 12.4. The van der Waals surface area contributed by atoms with Gasteiger partial charge in [-0.3, -0.25) is 0 Å². The van der Waals surface area contributed by atoms with Crippen molar-refractivity contribution in [2.75, 3.05) is 0 Å². The largest absolute Gasteiger partial charge is 0.444 e. The van der Waals surface area contributed by atoms with Crippen molar-refractivity contribution in [3.05, 3.63) is 0 Å². The van der Waals surface area contributed by atoms with Crippen molar-refractivity contribution in [2.24, 2.45) is 0 Å². The summed E-state index contributed by atoms with van der Waals surface area (Å²) in [4.78, 5) is 14.4. The van der Waals surface area contributed by atoms with Gasteiger partial charge in [-0.1, -0.05) is 32.6 Å². The van der Waals surface area contributed by atoms with Crippen LogP contribution < -0.4 is 0 Å². The molecule has 3 nitrogen and oxygen atoms in total. The lowest BCUT2D eigenvalue weighted by Gasteiger charge is -2.41. The molecule has 1 aliphatic rings. The van der Waals surface area contributed by atoms with Gasteiger partial charge >= 0.3 is 6.09 Å². The number of hydrogen-bond acceptors (Lipinski definition) is 2. The molecule has 1 amide bonds. The molecule has 0 bridgehead atoms. The predicted molar refractivity (Wildman–Crippen MR) is 83.9 cm³/mol. The van der Waals surface area contributed by atoms with Crippen LogP contribution in [0.3, 0.4) is 0 Å². The fourth-order valence-electron chi connectivity index (χ4n) is 3.02. The Morgan fingerprint density at radius 2 is 1.90 bits per heavy atom. The van der Waals surface area contributed by atoms with Gasteiger partial charge in [-0.15, -0.1) is 0 Å². The van der Waals surface area contributed by atoms with Gasteiger partial charge in [-0.2, -0.15) is 0 Å². The Labute approximate surface area is 125 Å². The quantitative estimate of drug-likeness (QED) is 0.654. The van der Waals surface area contributed by atoms with Crippen LogP contribution in [0.1, 0.15) is 86.0 Å². The van der Waals surface area contributed by atoms with E-state index in [1.807, 2.05) is 25.7 Å². The molecule has 0 aromatic heterocycles. The van der Waals surface area contributed by atoms with Gasteiger partial charge in [-0.25, -0.2) is 4.79 Å². The summed E-state index contributed by atoms with van der Waals surface area (Å²) in [7, 11) is 0. The Morgan fingerprint density at radius 3 is 2.50 bits per heavy atom. The maximum Gasteiger partial charge on any atom is 0.410 e. The second-order valence-electron chi connectivity index (χ2n) is 7.17. The lowest BCUT2D eigenvalue weighted by Crippen LogP contribution is -2.50. The Balaban J connectivity index is 2.58. The number of rotatable bonds is 5. The van der Waals surface area contributed by atoms with E-state index >= 15 is 0 Å². The van der Waals surface area contributed by atoms with E-state index in [0.717, 1.165) is 19.3 Å².